The summed E-state index contributed by atoms with van der Waals surface area (Å²) in [6, 6.07) is 3.17. The van der Waals surface area contributed by atoms with E-state index in [9.17, 15) is 16.8 Å². The Morgan fingerprint density at radius 1 is 1.14 bits per heavy atom. The summed E-state index contributed by atoms with van der Waals surface area (Å²) in [5, 5.41) is 0.0448. The molecule has 0 unspecified atom stereocenters. The minimum absolute atomic E-state index is 0.0448. The van der Waals surface area contributed by atoms with E-state index in [-0.39, 0.29) is 16.5 Å². The van der Waals surface area contributed by atoms with Crippen LogP contribution in [0.5, 0.6) is 0 Å². The first-order valence-electron chi connectivity index (χ1n) is 6.69. The Morgan fingerprint density at radius 3 is 2.14 bits per heavy atom. The number of aromatic nitrogens is 1. The largest absolute Gasteiger partial charge is 0.368 e. The van der Waals surface area contributed by atoms with Crippen LogP contribution >= 0.6 is 0 Å². The summed E-state index contributed by atoms with van der Waals surface area (Å²) in [4.78, 5) is 5.95. The van der Waals surface area contributed by atoms with Gasteiger partial charge in [0, 0.05) is 13.1 Å². The average Bonchev–Trinajstić information content (AvgIpc) is 2.37. The van der Waals surface area contributed by atoms with Crippen LogP contribution in [0.15, 0.2) is 23.4 Å². The van der Waals surface area contributed by atoms with Gasteiger partial charge in [0.05, 0.1) is 28.1 Å². The zero-order valence-corrected chi connectivity index (χ0v) is 14.0. The summed E-state index contributed by atoms with van der Waals surface area (Å²) in [6.07, 6.45) is 1.50. The van der Waals surface area contributed by atoms with Crippen molar-refractivity contribution in [3.63, 3.8) is 0 Å². The molecule has 0 radical (unpaired) electrons. The maximum atomic E-state index is 12.3. The zero-order valence-electron chi connectivity index (χ0n) is 12.4. The smallest absolute Gasteiger partial charge is 0.200 e. The Hall–Kier alpha value is -1.15. The first kappa shape index (κ1) is 16.2. The highest BCUT2D eigenvalue weighted by Crippen LogP contribution is 2.25. The predicted octanol–water partition coefficient (Wildman–Crippen LogP) is 0.889. The number of anilines is 1. The molecule has 2 rings (SSSR count). The lowest BCUT2D eigenvalue weighted by Gasteiger charge is -2.28. The molecule has 1 aromatic heterocycles. The van der Waals surface area contributed by atoms with E-state index in [2.05, 4.69) is 4.98 Å². The zero-order chi connectivity index (χ0) is 15.9. The predicted molar refractivity (Wildman–Crippen MR) is 82.0 cm³/mol. The van der Waals surface area contributed by atoms with E-state index in [0.29, 0.717) is 13.1 Å². The summed E-state index contributed by atoms with van der Waals surface area (Å²) in [7, 11) is -6.40. The Balaban J connectivity index is 2.21. The molecule has 0 bridgehead atoms. The Morgan fingerprint density at radius 2 is 1.71 bits per heavy atom. The van der Waals surface area contributed by atoms with Crippen molar-refractivity contribution in [1.29, 1.82) is 0 Å². The Labute approximate surface area is 126 Å². The highest BCUT2D eigenvalue weighted by Gasteiger charge is 2.32. The maximum absolute atomic E-state index is 12.3. The van der Waals surface area contributed by atoms with Crippen molar-refractivity contribution < 1.29 is 16.8 Å². The van der Waals surface area contributed by atoms with Crippen LogP contribution in [-0.4, -0.2) is 51.2 Å². The van der Waals surface area contributed by atoms with E-state index in [1.807, 2.05) is 4.90 Å². The van der Waals surface area contributed by atoms with Crippen molar-refractivity contribution in [2.75, 3.05) is 29.5 Å². The van der Waals surface area contributed by atoms with Gasteiger partial charge in [-0.3, -0.25) is 0 Å². The minimum atomic E-state index is -3.47. The molecule has 1 fully saturated rings. The van der Waals surface area contributed by atoms with Crippen LogP contribution in [-0.2, 0) is 19.7 Å². The van der Waals surface area contributed by atoms with Gasteiger partial charge >= 0.3 is 0 Å². The van der Waals surface area contributed by atoms with Crippen LogP contribution in [0.1, 0.15) is 20.8 Å². The first-order chi connectivity index (χ1) is 9.53. The van der Waals surface area contributed by atoms with Crippen LogP contribution in [0.4, 0.5) is 5.69 Å². The van der Waals surface area contributed by atoms with Gasteiger partial charge in [-0.25, -0.2) is 21.8 Å². The van der Waals surface area contributed by atoms with E-state index in [4.69, 9.17) is 0 Å². The molecule has 1 saturated heterocycles. The molecule has 0 spiro atoms. The van der Waals surface area contributed by atoms with Crippen LogP contribution in [0, 0.1) is 0 Å². The topological polar surface area (TPSA) is 84.4 Å². The number of rotatable bonds is 2. The molecule has 1 aliphatic rings. The van der Waals surface area contributed by atoms with Gasteiger partial charge in [-0.2, -0.15) is 0 Å². The fourth-order valence-corrected chi connectivity index (χ4v) is 4.27. The van der Waals surface area contributed by atoms with Crippen LogP contribution in [0.25, 0.3) is 0 Å². The van der Waals surface area contributed by atoms with Crippen molar-refractivity contribution in [3.8, 4) is 0 Å². The monoisotopic (exact) mass is 332 g/mol. The third-order valence-electron chi connectivity index (χ3n) is 3.51. The summed E-state index contributed by atoms with van der Waals surface area (Å²) in [5.74, 6) is 0.240. The highest BCUT2D eigenvalue weighted by molar-refractivity contribution is 7.92. The summed E-state index contributed by atoms with van der Waals surface area (Å²) in [5.41, 5.74) is 0.748. The molecule has 2 heterocycles. The lowest BCUT2D eigenvalue weighted by Crippen LogP contribution is -2.40. The average molecular weight is 332 g/mol. The highest BCUT2D eigenvalue weighted by atomic mass is 32.2. The molecule has 8 heteroatoms. The molecule has 1 aliphatic heterocycles. The van der Waals surface area contributed by atoms with Crippen molar-refractivity contribution in [1.82, 2.24) is 4.98 Å². The van der Waals surface area contributed by atoms with Crippen molar-refractivity contribution >= 4 is 25.4 Å². The molecule has 21 heavy (non-hydrogen) atoms. The van der Waals surface area contributed by atoms with Gasteiger partial charge in [-0.15, -0.1) is 0 Å². The second kappa shape index (κ2) is 5.24. The van der Waals surface area contributed by atoms with Gasteiger partial charge in [0.1, 0.15) is 0 Å². The molecule has 6 nitrogen and oxygen atoms in total. The number of pyridine rings is 1. The quantitative estimate of drug-likeness (QED) is 0.799. The molecule has 0 amide bonds. The van der Waals surface area contributed by atoms with Gasteiger partial charge in [0.25, 0.3) is 0 Å². The van der Waals surface area contributed by atoms with Gasteiger partial charge in [0.15, 0.2) is 24.7 Å². The number of hydrogen-bond acceptors (Lipinski definition) is 6. The number of hydrogen-bond donors (Lipinski definition) is 0. The molecule has 0 atom stereocenters. The summed E-state index contributed by atoms with van der Waals surface area (Å²) >= 11 is 0. The fraction of sp³-hybridized carbons (Fsp3) is 0.615. The molecular weight excluding hydrogens is 312 g/mol. The molecule has 0 aliphatic carbocycles. The van der Waals surface area contributed by atoms with Gasteiger partial charge in [0.2, 0.25) is 0 Å². The third kappa shape index (κ3) is 3.37. The molecule has 0 N–H and O–H groups in total. The molecule has 0 aromatic carbocycles. The van der Waals surface area contributed by atoms with Gasteiger partial charge < -0.3 is 4.90 Å². The second-order valence-electron chi connectivity index (χ2n) is 6.11. The Kier molecular flexibility index (Phi) is 4.05. The van der Waals surface area contributed by atoms with Gasteiger partial charge in [-0.1, -0.05) is 0 Å². The molecule has 0 saturated carbocycles. The lowest BCUT2D eigenvalue weighted by atomic mass is 10.3. The van der Waals surface area contributed by atoms with Crippen LogP contribution in [0.3, 0.4) is 0 Å². The van der Waals surface area contributed by atoms with E-state index >= 15 is 0 Å². The normalized spacial score (nSPS) is 19.5. The number of sulfone groups is 2. The van der Waals surface area contributed by atoms with Crippen LogP contribution < -0.4 is 4.90 Å². The van der Waals surface area contributed by atoms with E-state index in [0.717, 1.165) is 5.69 Å². The van der Waals surface area contributed by atoms with Crippen LogP contribution in [0.2, 0.25) is 0 Å². The van der Waals surface area contributed by atoms with E-state index < -0.39 is 24.4 Å². The Bertz CT molecular complexity index is 702. The summed E-state index contributed by atoms with van der Waals surface area (Å²) in [6.45, 7) is 5.72. The fourth-order valence-electron chi connectivity index (χ4n) is 2.00. The van der Waals surface area contributed by atoms with Gasteiger partial charge in [-0.05, 0) is 32.9 Å². The first-order valence-corrected chi connectivity index (χ1v) is 9.99. The minimum Gasteiger partial charge on any atom is -0.368 e. The van der Waals surface area contributed by atoms with Crippen molar-refractivity contribution in [2.45, 2.75) is 30.5 Å². The lowest BCUT2D eigenvalue weighted by molar-refractivity contribution is 0.556. The number of nitrogens with zero attached hydrogens (tertiary/aromatic N) is 2. The second-order valence-corrected chi connectivity index (χ2v) is 11.1. The third-order valence-corrected chi connectivity index (χ3v) is 7.53. The summed E-state index contributed by atoms with van der Waals surface area (Å²) < 4.78 is 46.4. The van der Waals surface area contributed by atoms with Crippen molar-refractivity contribution in [2.24, 2.45) is 0 Å². The molecule has 1 aromatic rings. The standard InChI is InChI=1S/C13H20N2O4S2/c1-13(2,3)21(18,19)12-5-4-11(10-14-12)15-6-8-20(16,17)9-7-15/h4-5,10H,6-9H2,1-3H3. The molecular formula is C13H20N2O4S2. The van der Waals surface area contributed by atoms with Crippen molar-refractivity contribution in [3.05, 3.63) is 18.3 Å². The molecule has 118 valence electrons. The maximum Gasteiger partial charge on any atom is 0.200 e. The van der Waals surface area contributed by atoms with E-state index in [1.54, 1.807) is 26.8 Å². The van der Waals surface area contributed by atoms with E-state index in [1.165, 1.54) is 12.3 Å². The SMILES string of the molecule is CC(C)(C)S(=O)(=O)c1ccc(N2CCS(=O)(=O)CC2)cn1.